The van der Waals surface area contributed by atoms with E-state index in [1.807, 2.05) is 55.0 Å². The molecule has 2 aromatic heterocycles. The highest BCUT2D eigenvalue weighted by Crippen LogP contribution is 2.39. The van der Waals surface area contributed by atoms with E-state index in [0.717, 1.165) is 11.3 Å². The van der Waals surface area contributed by atoms with Gasteiger partial charge in [-0.25, -0.2) is 4.98 Å². The van der Waals surface area contributed by atoms with Crippen LogP contribution in [-0.4, -0.2) is 14.5 Å². The van der Waals surface area contributed by atoms with E-state index in [-0.39, 0.29) is 5.56 Å². The van der Waals surface area contributed by atoms with E-state index in [0.29, 0.717) is 18.0 Å². The van der Waals surface area contributed by atoms with Gasteiger partial charge in [-0.3, -0.25) is 4.79 Å². The predicted octanol–water partition coefficient (Wildman–Crippen LogP) is 3.16. The number of nitrogens with zero attached hydrogens (tertiary/aromatic N) is 2. The molecule has 0 radical (unpaired) electrons. The Balaban J connectivity index is 1.63. The van der Waals surface area contributed by atoms with E-state index in [2.05, 4.69) is 14.5 Å². The van der Waals surface area contributed by atoms with Crippen molar-refractivity contribution in [2.45, 2.75) is 25.3 Å². The fourth-order valence-electron chi connectivity index (χ4n) is 2.82. The first-order valence-electron chi connectivity index (χ1n) is 7.59. The van der Waals surface area contributed by atoms with Crippen molar-refractivity contribution in [2.75, 3.05) is 0 Å². The largest absolute Gasteiger partial charge is 0.328 e. The minimum Gasteiger partial charge on any atom is -0.328 e. The van der Waals surface area contributed by atoms with E-state index in [4.69, 9.17) is 0 Å². The van der Waals surface area contributed by atoms with Crippen molar-refractivity contribution in [1.82, 2.24) is 14.5 Å². The lowest BCUT2D eigenvalue weighted by Gasteiger charge is -2.08. The van der Waals surface area contributed by atoms with Gasteiger partial charge in [0.05, 0.1) is 12.9 Å². The van der Waals surface area contributed by atoms with E-state index < -0.39 is 0 Å². The molecule has 0 saturated heterocycles. The molecule has 2 heterocycles. The molecule has 0 unspecified atom stereocenters. The fraction of sp³-hybridized carbons (Fsp3) is 0.222. The number of H-pyrrole nitrogens is 1. The molecule has 0 atom stereocenters. The Hall–Kier alpha value is -2.62. The summed E-state index contributed by atoms with van der Waals surface area (Å²) in [5.74, 6) is 0.651. The van der Waals surface area contributed by atoms with Gasteiger partial charge >= 0.3 is 0 Å². The highest BCUT2D eigenvalue weighted by atomic mass is 16.1. The number of nitrogens with one attached hydrogen (secondary N) is 1. The number of aromatic nitrogens is 3. The molecule has 1 aliphatic rings. The molecule has 1 saturated carbocycles. The Morgan fingerprint density at radius 3 is 2.68 bits per heavy atom. The number of pyridine rings is 1. The first-order chi connectivity index (χ1) is 10.8. The lowest BCUT2D eigenvalue weighted by molar-refractivity contribution is 0.723. The zero-order valence-electron chi connectivity index (χ0n) is 12.2. The molecule has 110 valence electrons. The minimum atomic E-state index is -0.0446. The molecular formula is C18H17N3O. The van der Waals surface area contributed by atoms with Gasteiger partial charge in [-0.2, -0.15) is 0 Å². The van der Waals surface area contributed by atoms with Crippen LogP contribution in [-0.2, 0) is 6.54 Å². The van der Waals surface area contributed by atoms with Crippen molar-refractivity contribution in [2.24, 2.45) is 0 Å². The third kappa shape index (κ3) is 2.48. The molecule has 22 heavy (non-hydrogen) atoms. The van der Waals surface area contributed by atoms with Crippen molar-refractivity contribution in [3.05, 3.63) is 76.7 Å². The lowest BCUT2D eigenvalue weighted by atomic mass is 10.1. The molecule has 4 nitrogen and oxygen atoms in total. The monoisotopic (exact) mass is 291 g/mol. The summed E-state index contributed by atoms with van der Waals surface area (Å²) in [5, 5.41) is 0. The van der Waals surface area contributed by atoms with Crippen LogP contribution in [0.1, 0.15) is 30.1 Å². The molecule has 1 aliphatic carbocycles. The Bertz CT molecular complexity index is 844. The van der Waals surface area contributed by atoms with Crippen molar-refractivity contribution in [3.8, 4) is 11.1 Å². The molecule has 0 aliphatic heterocycles. The van der Waals surface area contributed by atoms with Gasteiger partial charge in [-0.1, -0.05) is 30.3 Å². The highest BCUT2D eigenvalue weighted by molar-refractivity contribution is 5.62. The standard InChI is InChI=1S/C18H17N3O/c22-18-16(13-4-2-1-3-5-13)9-8-15(20-18)11-21-12-19-10-17(21)14-6-7-14/h1-5,8-10,12,14H,6-7,11H2,(H,20,22). The van der Waals surface area contributed by atoms with Gasteiger partial charge in [0.15, 0.2) is 0 Å². The van der Waals surface area contributed by atoms with E-state index in [1.54, 1.807) is 0 Å². The van der Waals surface area contributed by atoms with Crippen molar-refractivity contribution in [3.63, 3.8) is 0 Å². The van der Waals surface area contributed by atoms with E-state index >= 15 is 0 Å². The van der Waals surface area contributed by atoms with Gasteiger partial charge in [0.25, 0.3) is 5.56 Å². The summed E-state index contributed by atoms with van der Waals surface area (Å²) in [4.78, 5) is 19.6. The second-order valence-corrected chi connectivity index (χ2v) is 5.81. The predicted molar refractivity (Wildman–Crippen MR) is 85.8 cm³/mol. The number of rotatable bonds is 4. The van der Waals surface area contributed by atoms with Gasteiger partial charge in [0.2, 0.25) is 0 Å². The molecule has 3 aromatic rings. The Kier molecular flexibility index (Phi) is 3.15. The molecule has 1 fully saturated rings. The summed E-state index contributed by atoms with van der Waals surface area (Å²) in [5.41, 5.74) is 3.78. The topological polar surface area (TPSA) is 50.7 Å². The quantitative estimate of drug-likeness (QED) is 0.802. The number of hydrogen-bond acceptors (Lipinski definition) is 2. The first-order valence-corrected chi connectivity index (χ1v) is 7.59. The summed E-state index contributed by atoms with van der Waals surface area (Å²) in [7, 11) is 0. The van der Waals surface area contributed by atoms with Gasteiger partial charge in [-0.15, -0.1) is 0 Å². The molecule has 0 bridgehead atoms. The maximum absolute atomic E-state index is 12.3. The third-order valence-corrected chi connectivity index (χ3v) is 4.14. The van der Waals surface area contributed by atoms with Gasteiger partial charge in [-0.05, 0) is 30.5 Å². The zero-order valence-corrected chi connectivity index (χ0v) is 12.2. The zero-order chi connectivity index (χ0) is 14.9. The van der Waals surface area contributed by atoms with Crippen LogP contribution >= 0.6 is 0 Å². The maximum atomic E-state index is 12.3. The van der Waals surface area contributed by atoms with Gasteiger partial charge in [0, 0.05) is 29.1 Å². The summed E-state index contributed by atoms with van der Waals surface area (Å²) >= 11 is 0. The van der Waals surface area contributed by atoms with Crippen LogP contribution in [0, 0.1) is 0 Å². The average Bonchev–Trinajstić information content (AvgIpc) is 3.28. The van der Waals surface area contributed by atoms with Crippen molar-refractivity contribution >= 4 is 0 Å². The Morgan fingerprint density at radius 1 is 1.14 bits per heavy atom. The normalized spacial score (nSPS) is 14.2. The molecule has 0 spiro atoms. The second-order valence-electron chi connectivity index (χ2n) is 5.81. The third-order valence-electron chi connectivity index (χ3n) is 4.14. The van der Waals surface area contributed by atoms with Crippen LogP contribution in [0.3, 0.4) is 0 Å². The number of aromatic amines is 1. The second kappa shape index (κ2) is 5.30. The molecule has 1 aromatic carbocycles. The number of hydrogen-bond donors (Lipinski definition) is 1. The van der Waals surface area contributed by atoms with Crippen LogP contribution < -0.4 is 5.56 Å². The van der Waals surface area contributed by atoms with Crippen LogP contribution in [0.5, 0.6) is 0 Å². The van der Waals surface area contributed by atoms with E-state index in [1.165, 1.54) is 18.5 Å². The summed E-state index contributed by atoms with van der Waals surface area (Å²) < 4.78 is 2.13. The molecule has 4 rings (SSSR count). The summed E-state index contributed by atoms with van der Waals surface area (Å²) in [6.07, 6.45) is 6.27. The summed E-state index contributed by atoms with van der Waals surface area (Å²) in [6.45, 7) is 0.663. The van der Waals surface area contributed by atoms with Crippen LogP contribution in [0.4, 0.5) is 0 Å². The van der Waals surface area contributed by atoms with Gasteiger partial charge < -0.3 is 9.55 Å². The molecule has 4 heteroatoms. The van der Waals surface area contributed by atoms with Crippen molar-refractivity contribution < 1.29 is 0 Å². The molecular weight excluding hydrogens is 274 g/mol. The number of imidazole rings is 1. The molecule has 1 N–H and O–H groups in total. The van der Waals surface area contributed by atoms with Crippen LogP contribution in [0.15, 0.2) is 59.8 Å². The fourth-order valence-corrected chi connectivity index (χ4v) is 2.82. The smallest absolute Gasteiger partial charge is 0.256 e. The SMILES string of the molecule is O=c1[nH]c(Cn2cncc2C2CC2)ccc1-c1ccccc1. The first kappa shape index (κ1) is 13.1. The average molecular weight is 291 g/mol. The van der Waals surface area contributed by atoms with Crippen LogP contribution in [0.25, 0.3) is 11.1 Å². The Labute approximate surface area is 128 Å². The molecule has 0 amide bonds. The van der Waals surface area contributed by atoms with Crippen molar-refractivity contribution in [1.29, 1.82) is 0 Å². The maximum Gasteiger partial charge on any atom is 0.256 e. The van der Waals surface area contributed by atoms with Gasteiger partial charge in [0.1, 0.15) is 0 Å². The Morgan fingerprint density at radius 2 is 1.95 bits per heavy atom. The highest BCUT2D eigenvalue weighted by Gasteiger charge is 2.26. The number of benzene rings is 1. The van der Waals surface area contributed by atoms with Crippen LogP contribution in [0.2, 0.25) is 0 Å². The lowest BCUT2D eigenvalue weighted by Crippen LogP contribution is -2.13. The van der Waals surface area contributed by atoms with E-state index in [9.17, 15) is 4.79 Å². The minimum absolute atomic E-state index is 0.0446. The summed E-state index contributed by atoms with van der Waals surface area (Å²) in [6, 6.07) is 13.6.